The number of esters is 1. The van der Waals surface area contributed by atoms with E-state index in [-0.39, 0.29) is 34.3 Å². The Bertz CT molecular complexity index is 1060. The molecule has 2 aromatic rings. The molecule has 3 rings (SSSR count). The number of carbonyl (C=O) groups is 2. The minimum Gasteiger partial charge on any atom is -0.467 e. The van der Waals surface area contributed by atoms with Crippen LogP contribution in [-0.2, 0) is 14.8 Å². The van der Waals surface area contributed by atoms with Gasteiger partial charge in [0, 0.05) is 5.92 Å². The van der Waals surface area contributed by atoms with E-state index in [0.29, 0.717) is 17.8 Å². The van der Waals surface area contributed by atoms with Crippen molar-refractivity contribution in [2.24, 2.45) is 0 Å². The van der Waals surface area contributed by atoms with E-state index in [4.69, 9.17) is 9.47 Å². The van der Waals surface area contributed by atoms with Crippen molar-refractivity contribution >= 4 is 39.3 Å². The number of thiophene rings is 1. The molecule has 1 fully saturated rings. The SMILES string of the molecule is CCCOC(=O)c1scc(C)c1S(=O)(=O)NC(=O)Nc1nc(OC)nc(C2CC2)n1. The molecule has 162 valence electrons. The van der Waals surface area contributed by atoms with Gasteiger partial charge in [-0.2, -0.15) is 15.0 Å². The number of carbonyl (C=O) groups excluding carboxylic acids is 2. The van der Waals surface area contributed by atoms with Crippen LogP contribution < -0.4 is 14.8 Å². The number of nitrogens with one attached hydrogen (secondary N) is 2. The van der Waals surface area contributed by atoms with Crippen molar-refractivity contribution in [1.82, 2.24) is 19.7 Å². The van der Waals surface area contributed by atoms with Crippen molar-refractivity contribution < 1.29 is 27.5 Å². The van der Waals surface area contributed by atoms with E-state index in [1.165, 1.54) is 19.4 Å². The number of aromatic nitrogens is 3. The van der Waals surface area contributed by atoms with Crippen molar-refractivity contribution in [3.05, 3.63) is 21.6 Å². The average Bonchev–Trinajstić information content (AvgIpc) is 3.46. The van der Waals surface area contributed by atoms with Crippen LogP contribution in [0.15, 0.2) is 10.3 Å². The van der Waals surface area contributed by atoms with Crippen LogP contribution in [0, 0.1) is 6.92 Å². The third-order valence-electron chi connectivity index (χ3n) is 4.02. The van der Waals surface area contributed by atoms with Gasteiger partial charge in [-0.05, 0) is 37.1 Å². The first-order valence-electron chi connectivity index (χ1n) is 9.14. The van der Waals surface area contributed by atoms with E-state index in [1.54, 1.807) is 0 Å². The molecule has 0 bridgehead atoms. The first-order chi connectivity index (χ1) is 14.2. The normalized spacial score (nSPS) is 13.6. The van der Waals surface area contributed by atoms with Gasteiger partial charge in [-0.25, -0.2) is 22.7 Å². The summed E-state index contributed by atoms with van der Waals surface area (Å²) in [6, 6.07) is -1.07. The zero-order valence-electron chi connectivity index (χ0n) is 16.6. The Kier molecular flexibility index (Phi) is 6.51. The number of urea groups is 1. The molecule has 1 aliphatic rings. The summed E-state index contributed by atoms with van der Waals surface area (Å²) in [4.78, 5) is 36.3. The second kappa shape index (κ2) is 8.92. The third kappa shape index (κ3) is 5.02. The maximum atomic E-state index is 12.8. The standard InChI is InChI=1S/C17H21N5O6S2/c1-4-7-28-14(23)11-12(9(2)8-29-11)30(25,26)22-16(24)20-15-18-13(10-5-6-10)19-17(21-15)27-3/h8,10H,4-7H2,1-3H3,(H2,18,19,20,21,22,24). The van der Waals surface area contributed by atoms with Gasteiger partial charge in [0.25, 0.3) is 10.0 Å². The maximum absolute atomic E-state index is 12.8. The number of nitrogens with zero attached hydrogens (tertiary/aromatic N) is 3. The molecule has 0 aromatic carbocycles. The summed E-state index contributed by atoms with van der Waals surface area (Å²) in [7, 11) is -2.98. The number of ether oxygens (including phenoxy) is 2. The Labute approximate surface area is 177 Å². The first-order valence-corrected chi connectivity index (χ1v) is 11.5. The van der Waals surface area contributed by atoms with Crippen LogP contribution in [0.2, 0.25) is 0 Å². The number of hydrogen-bond acceptors (Lipinski definition) is 10. The summed E-state index contributed by atoms with van der Waals surface area (Å²) in [5.41, 5.74) is 0.321. The molecule has 30 heavy (non-hydrogen) atoms. The fourth-order valence-electron chi connectivity index (χ4n) is 2.51. The fourth-order valence-corrected chi connectivity index (χ4v) is 5.10. The molecule has 11 nitrogen and oxygen atoms in total. The highest BCUT2D eigenvalue weighted by atomic mass is 32.2. The molecule has 0 unspecified atom stereocenters. The highest BCUT2D eigenvalue weighted by Crippen LogP contribution is 2.38. The molecule has 0 saturated heterocycles. The number of amides is 2. The molecular weight excluding hydrogens is 434 g/mol. The van der Waals surface area contributed by atoms with E-state index >= 15 is 0 Å². The topological polar surface area (TPSA) is 149 Å². The van der Waals surface area contributed by atoms with E-state index in [9.17, 15) is 18.0 Å². The van der Waals surface area contributed by atoms with Crippen molar-refractivity contribution in [3.63, 3.8) is 0 Å². The first kappa shape index (κ1) is 21.9. The number of hydrogen-bond donors (Lipinski definition) is 2. The molecular formula is C17H21N5O6S2. The van der Waals surface area contributed by atoms with E-state index in [1.807, 2.05) is 11.6 Å². The maximum Gasteiger partial charge on any atom is 0.349 e. The zero-order chi connectivity index (χ0) is 21.9. The molecule has 2 amide bonds. The van der Waals surface area contributed by atoms with Crippen LogP contribution in [0.5, 0.6) is 6.01 Å². The van der Waals surface area contributed by atoms with Gasteiger partial charge in [-0.3, -0.25) is 5.32 Å². The molecule has 0 aliphatic heterocycles. The van der Waals surface area contributed by atoms with Gasteiger partial charge in [0.15, 0.2) is 0 Å². The Hall–Kier alpha value is -2.80. The molecule has 1 saturated carbocycles. The van der Waals surface area contributed by atoms with Gasteiger partial charge in [-0.15, -0.1) is 11.3 Å². The van der Waals surface area contributed by atoms with Crippen LogP contribution in [0.3, 0.4) is 0 Å². The lowest BCUT2D eigenvalue weighted by Gasteiger charge is -2.10. The summed E-state index contributed by atoms with van der Waals surface area (Å²) >= 11 is 0.935. The fraction of sp³-hybridized carbons (Fsp3) is 0.471. The number of methoxy groups -OCH3 is 1. The summed E-state index contributed by atoms with van der Waals surface area (Å²) in [5, 5.41) is 3.78. The van der Waals surface area contributed by atoms with Crippen LogP contribution in [0.1, 0.15) is 53.2 Å². The molecule has 0 atom stereocenters. The molecule has 13 heteroatoms. The lowest BCUT2D eigenvalue weighted by Crippen LogP contribution is -2.35. The summed E-state index contributed by atoms with van der Waals surface area (Å²) in [6.07, 6.45) is 2.43. The number of sulfonamides is 1. The quantitative estimate of drug-likeness (QED) is 0.571. The van der Waals surface area contributed by atoms with Crippen molar-refractivity contribution in [1.29, 1.82) is 0 Å². The second-order valence-corrected chi connectivity index (χ2v) is 9.05. The Morgan fingerprint density at radius 2 is 2.00 bits per heavy atom. The molecule has 2 N–H and O–H groups in total. The summed E-state index contributed by atoms with van der Waals surface area (Å²) in [6.45, 7) is 3.51. The lowest BCUT2D eigenvalue weighted by molar-refractivity contribution is 0.0506. The van der Waals surface area contributed by atoms with E-state index < -0.39 is 22.0 Å². The van der Waals surface area contributed by atoms with Gasteiger partial charge in [0.2, 0.25) is 5.95 Å². The molecule has 2 heterocycles. The molecule has 0 radical (unpaired) electrons. The van der Waals surface area contributed by atoms with Crippen molar-refractivity contribution in [2.75, 3.05) is 19.0 Å². The number of aryl methyl sites for hydroxylation is 1. The minimum absolute atomic E-state index is 0.0136. The van der Waals surface area contributed by atoms with Gasteiger partial charge in [-0.1, -0.05) is 6.92 Å². The van der Waals surface area contributed by atoms with Gasteiger partial charge >= 0.3 is 18.0 Å². The number of rotatable bonds is 8. The second-order valence-electron chi connectivity index (χ2n) is 6.55. The highest BCUT2D eigenvalue weighted by molar-refractivity contribution is 7.90. The number of anilines is 1. The van der Waals surface area contributed by atoms with Gasteiger partial charge < -0.3 is 9.47 Å². The van der Waals surface area contributed by atoms with E-state index in [0.717, 1.165) is 24.2 Å². The molecule has 1 aliphatic carbocycles. The van der Waals surface area contributed by atoms with Gasteiger partial charge in [0.05, 0.1) is 13.7 Å². The van der Waals surface area contributed by atoms with Crippen LogP contribution in [-0.4, -0.2) is 49.1 Å². The summed E-state index contributed by atoms with van der Waals surface area (Å²) < 4.78 is 37.5. The monoisotopic (exact) mass is 455 g/mol. The van der Waals surface area contributed by atoms with Crippen molar-refractivity contribution in [3.8, 4) is 6.01 Å². The van der Waals surface area contributed by atoms with Gasteiger partial charge in [0.1, 0.15) is 15.6 Å². The largest absolute Gasteiger partial charge is 0.467 e. The Morgan fingerprint density at radius 1 is 1.27 bits per heavy atom. The third-order valence-corrected chi connectivity index (χ3v) is 6.74. The summed E-state index contributed by atoms with van der Waals surface area (Å²) in [5.74, 6) is -0.262. The highest BCUT2D eigenvalue weighted by Gasteiger charge is 2.31. The average molecular weight is 456 g/mol. The zero-order valence-corrected chi connectivity index (χ0v) is 18.2. The molecule has 0 spiro atoms. The van der Waals surface area contributed by atoms with Crippen molar-refractivity contribution in [2.45, 2.75) is 43.9 Å². The molecule has 2 aromatic heterocycles. The Balaban J connectivity index is 1.78. The lowest BCUT2D eigenvalue weighted by atomic mass is 10.3. The van der Waals surface area contributed by atoms with Crippen LogP contribution >= 0.6 is 11.3 Å². The van der Waals surface area contributed by atoms with Crippen LogP contribution in [0.25, 0.3) is 0 Å². The minimum atomic E-state index is -4.35. The predicted molar refractivity (Wildman–Crippen MR) is 107 cm³/mol. The van der Waals surface area contributed by atoms with Crippen LogP contribution in [0.4, 0.5) is 10.7 Å². The smallest absolute Gasteiger partial charge is 0.349 e. The predicted octanol–water partition coefficient (Wildman–Crippen LogP) is 2.20. The van der Waals surface area contributed by atoms with E-state index in [2.05, 4.69) is 20.3 Å². The Morgan fingerprint density at radius 3 is 2.63 bits per heavy atom.